The summed E-state index contributed by atoms with van der Waals surface area (Å²) in [5, 5.41) is 6.81. The second-order valence-electron chi connectivity index (χ2n) is 8.10. The second kappa shape index (κ2) is 13.0. The molecule has 2 N–H and O–H groups in total. The molecule has 0 atom stereocenters. The molecule has 0 bridgehead atoms. The van der Waals surface area contributed by atoms with E-state index in [0.29, 0.717) is 36.4 Å². The van der Waals surface area contributed by atoms with Gasteiger partial charge in [0.2, 0.25) is 0 Å². The van der Waals surface area contributed by atoms with Crippen LogP contribution in [0.2, 0.25) is 0 Å². The Kier molecular flexibility index (Phi) is 9.23. The molecule has 190 valence electrons. The lowest BCUT2D eigenvalue weighted by atomic mass is 10.2. The molecule has 0 radical (unpaired) electrons. The number of anilines is 3. The number of oxazole rings is 1. The van der Waals surface area contributed by atoms with Crippen LogP contribution in [0.1, 0.15) is 23.9 Å². The van der Waals surface area contributed by atoms with E-state index in [1.165, 1.54) is 17.8 Å². The van der Waals surface area contributed by atoms with Crippen LogP contribution in [0.25, 0.3) is 0 Å². The van der Waals surface area contributed by atoms with E-state index in [4.69, 9.17) is 18.9 Å². The number of nitrogens with zero attached hydrogens (tertiary/aromatic N) is 3. The summed E-state index contributed by atoms with van der Waals surface area (Å²) in [6, 6.07) is 11.8. The van der Waals surface area contributed by atoms with Crippen molar-refractivity contribution >= 4 is 35.0 Å². The van der Waals surface area contributed by atoms with Gasteiger partial charge in [0, 0.05) is 49.2 Å². The van der Waals surface area contributed by atoms with Crippen molar-refractivity contribution in [1.29, 1.82) is 0 Å². The smallest absolute Gasteiger partial charge is 0.411 e. The first kappa shape index (κ1) is 25.6. The fraction of sp³-hybridized carbons (Fsp3) is 0.346. The maximum Gasteiger partial charge on any atom is 0.411 e. The normalized spacial score (nSPS) is 13.3. The number of carbonyl (C=O) groups is 1. The minimum Gasteiger partial charge on any atom is -0.445 e. The molecule has 3 heterocycles. The molecule has 4 rings (SSSR count). The number of pyridine rings is 1. The first-order valence-electron chi connectivity index (χ1n) is 11.9. The number of benzene rings is 1. The van der Waals surface area contributed by atoms with Crippen molar-refractivity contribution in [2.75, 3.05) is 48.4 Å². The third-order valence-electron chi connectivity index (χ3n) is 5.44. The van der Waals surface area contributed by atoms with Crippen LogP contribution in [0, 0.1) is 0 Å². The van der Waals surface area contributed by atoms with Gasteiger partial charge in [-0.05, 0) is 23.8 Å². The summed E-state index contributed by atoms with van der Waals surface area (Å²) < 4.78 is 16.2. The number of hydrogen-bond acceptors (Lipinski definition) is 9. The number of aryl methyl sites for hydroxylation is 1. The molecule has 1 fully saturated rings. The quantitative estimate of drug-likeness (QED) is 0.270. The van der Waals surface area contributed by atoms with Gasteiger partial charge in [-0.3, -0.25) is 5.32 Å². The summed E-state index contributed by atoms with van der Waals surface area (Å²) in [5.74, 6) is 2.29. The average Bonchev–Trinajstić information content (AvgIpc) is 3.38. The Balaban J connectivity index is 1.45. The van der Waals surface area contributed by atoms with Crippen LogP contribution in [-0.4, -0.2) is 49.0 Å². The van der Waals surface area contributed by atoms with Gasteiger partial charge in [-0.1, -0.05) is 43.5 Å². The molecule has 1 amide bonds. The monoisotopic (exact) mass is 509 g/mol. The van der Waals surface area contributed by atoms with Gasteiger partial charge < -0.3 is 24.1 Å². The zero-order valence-corrected chi connectivity index (χ0v) is 21.2. The number of aromatic nitrogens is 2. The maximum atomic E-state index is 11.8. The minimum absolute atomic E-state index is 0.161. The van der Waals surface area contributed by atoms with Crippen molar-refractivity contribution in [3.63, 3.8) is 0 Å². The fourth-order valence-electron chi connectivity index (χ4n) is 3.64. The van der Waals surface area contributed by atoms with E-state index >= 15 is 0 Å². The minimum atomic E-state index is -0.515. The van der Waals surface area contributed by atoms with Crippen molar-refractivity contribution < 1.29 is 18.7 Å². The van der Waals surface area contributed by atoms with Gasteiger partial charge in [-0.25, -0.2) is 14.8 Å². The molecule has 9 nitrogen and oxygen atoms in total. The van der Waals surface area contributed by atoms with Crippen LogP contribution in [0.5, 0.6) is 0 Å². The number of carbonyl (C=O) groups excluding carboxylic acids is 1. The largest absolute Gasteiger partial charge is 0.445 e. The van der Waals surface area contributed by atoms with Crippen LogP contribution in [0.15, 0.2) is 64.9 Å². The number of rotatable bonds is 11. The number of ether oxygens (including phenoxy) is 2. The Hall–Kier alpha value is -3.50. The predicted octanol–water partition coefficient (Wildman–Crippen LogP) is 5.11. The zero-order chi connectivity index (χ0) is 25.2. The summed E-state index contributed by atoms with van der Waals surface area (Å²) in [6.45, 7) is 9.39. The van der Waals surface area contributed by atoms with E-state index in [1.807, 2.05) is 31.2 Å². The average molecular weight is 510 g/mol. The third-order valence-corrected chi connectivity index (χ3v) is 6.32. The Labute approximate surface area is 215 Å². The van der Waals surface area contributed by atoms with E-state index in [0.717, 1.165) is 48.0 Å². The van der Waals surface area contributed by atoms with Crippen molar-refractivity contribution in [2.24, 2.45) is 0 Å². The molecule has 2 aromatic heterocycles. The molecule has 3 aromatic rings. The molecule has 36 heavy (non-hydrogen) atoms. The maximum absolute atomic E-state index is 11.8. The number of morpholine rings is 1. The van der Waals surface area contributed by atoms with Crippen LogP contribution in [0.4, 0.5) is 22.0 Å². The standard InChI is InChI=1S/C26H31N5O4S/c1-3-10-34-25(32)30-20-7-5-6-19(13-20)16-27-24-15-22(31-8-11-33-12-9-31)14-21(29-24)18-36-26-28-17-23(4-2)35-26/h3,5-7,13-15,17H,1,4,8-12,16,18H2,2H3,(H,27,29)(H,30,32). The topological polar surface area (TPSA) is 102 Å². The molecule has 0 spiro atoms. The van der Waals surface area contributed by atoms with Crippen LogP contribution < -0.4 is 15.5 Å². The predicted molar refractivity (Wildman–Crippen MR) is 142 cm³/mol. The summed E-state index contributed by atoms with van der Waals surface area (Å²) >= 11 is 1.53. The molecular formula is C26H31N5O4S. The van der Waals surface area contributed by atoms with E-state index in [1.54, 1.807) is 6.20 Å². The summed E-state index contributed by atoms with van der Waals surface area (Å²) in [4.78, 5) is 23.3. The molecule has 10 heteroatoms. The molecule has 1 saturated heterocycles. The second-order valence-corrected chi connectivity index (χ2v) is 9.03. The Morgan fingerprint density at radius 1 is 1.28 bits per heavy atom. The first-order valence-corrected chi connectivity index (χ1v) is 12.9. The Morgan fingerprint density at radius 3 is 2.92 bits per heavy atom. The Bertz CT molecular complexity index is 1160. The highest BCUT2D eigenvalue weighted by Gasteiger charge is 2.15. The van der Waals surface area contributed by atoms with Gasteiger partial charge in [0.15, 0.2) is 0 Å². The summed E-state index contributed by atoms with van der Waals surface area (Å²) in [5.41, 5.74) is 3.70. The lowest BCUT2D eigenvalue weighted by molar-refractivity contribution is 0.122. The van der Waals surface area contributed by atoms with Crippen LogP contribution >= 0.6 is 11.8 Å². The van der Waals surface area contributed by atoms with E-state index < -0.39 is 6.09 Å². The van der Waals surface area contributed by atoms with Crippen molar-refractivity contribution in [3.8, 4) is 0 Å². The van der Waals surface area contributed by atoms with E-state index in [-0.39, 0.29) is 6.61 Å². The van der Waals surface area contributed by atoms with E-state index in [2.05, 4.69) is 39.2 Å². The molecule has 0 aliphatic carbocycles. The van der Waals surface area contributed by atoms with Gasteiger partial charge in [0.05, 0.1) is 25.1 Å². The number of amides is 1. The van der Waals surface area contributed by atoms with Gasteiger partial charge in [0.25, 0.3) is 5.22 Å². The SMILES string of the molecule is C=CCOC(=O)Nc1cccc(CNc2cc(N3CCOCC3)cc(CSc3ncc(CC)o3)n2)c1. The van der Waals surface area contributed by atoms with Crippen LogP contribution in [-0.2, 0) is 28.2 Å². The molecule has 1 aliphatic rings. The third kappa shape index (κ3) is 7.50. The van der Waals surface area contributed by atoms with E-state index in [9.17, 15) is 4.79 Å². The summed E-state index contributed by atoms with van der Waals surface area (Å²) in [7, 11) is 0. The summed E-state index contributed by atoms with van der Waals surface area (Å²) in [6.07, 6.45) is 3.60. The molecule has 0 unspecified atom stereocenters. The number of hydrogen-bond donors (Lipinski definition) is 2. The molecular weight excluding hydrogens is 478 g/mol. The number of thioether (sulfide) groups is 1. The molecule has 1 aliphatic heterocycles. The number of nitrogens with one attached hydrogen (secondary N) is 2. The van der Waals surface area contributed by atoms with Crippen molar-refractivity contribution in [1.82, 2.24) is 9.97 Å². The first-order chi connectivity index (χ1) is 17.6. The lowest BCUT2D eigenvalue weighted by Gasteiger charge is -2.29. The van der Waals surface area contributed by atoms with Crippen molar-refractivity contribution in [3.05, 3.63) is 72.3 Å². The van der Waals surface area contributed by atoms with Crippen molar-refractivity contribution in [2.45, 2.75) is 30.9 Å². The highest BCUT2D eigenvalue weighted by atomic mass is 32.2. The molecule has 1 aromatic carbocycles. The zero-order valence-electron chi connectivity index (χ0n) is 20.4. The molecule has 0 saturated carbocycles. The van der Waals surface area contributed by atoms with Crippen LogP contribution in [0.3, 0.4) is 0 Å². The lowest BCUT2D eigenvalue weighted by Crippen LogP contribution is -2.36. The fourth-order valence-corrected chi connectivity index (χ4v) is 4.35. The highest BCUT2D eigenvalue weighted by Crippen LogP contribution is 2.27. The van der Waals surface area contributed by atoms with Gasteiger partial charge >= 0.3 is 6.09 Å². The van der Waals surface area contributed by atoms with Gasteiger partial charge in [0.1, 0.15) is 18.2 Å². The van der Waals surface area contributed by atoms with Gasteiger partial charge in [-0.15, -0.1) is 0 Å². The highest BCUT2D eigenvalue weighted by molar-refractivity contribution is 7.98. The Morgan fingerprint density at radius 2 is 2.14 bits per heavy atom. The van der Waals surface area contributed by atoms with Gasteiger partial charge in [-0.2, -0.15) is 0 Å².